The van der Waals surface area contributed by atoms with Crippen molar-refractivity contribution in [1.29, 1.82) is 0 Å². The van der Waals surface area contributed by atoms with Crippen molar-refractivity contribution in [3.05, 3.63) is 42.1 Å². The second-order valence-corrected chi connectivity index (χ2v) is 4.02. The van der Waals surface area contributed by atoms with E-state index < -0.39 is 13.0 Å². The maximum Gasteiger partial charge on any atom is 0.490 e. The Hall–Kier alpha value is -2.38. The minimum absolute atomic E-state index is 0.239. The fourth-order valence-corrected chi connectivity index (χ4v) is 1.68. The highest BCUT2D eigenvalue weighted by Gasteiger charge is 2.14. The molecule has 1 amide bonds. The van der Waals surface area contributed by atoms with Gasteiger partial charge in [0.2, 0.25) is 5.91 Å². The molecule has 0 saturated heterocycles. The average Bonchev–Trinajstić information content (AvgIpc) is 2.39. The van der Waals surface area contributed by atoms with Crippen molar-refractivity contribution in [2.24, 2.45) is 5.73 Å². The summed E-state index contributed by atoms with van der Waals surface area (Å²) in [4.78, 5) is 14.9. The van der Waals surface area contributed by atoms with Gasteiger partial charge in [0.25, 0.3) is 0 Å². The van der Waals surface area contributed by atoms with E-state index in [-0.39, 0.29) is 11.3 Å². The second-order valence-electron chi connectivity index (χ2n) is 4.02. The van der Waals surface area contributed by atoms with Crippen LogP contribution in [0.3, 0.4) is 0 Å². The van der Waals surface area contributed by atoms with Gasteiger partial charge in [-0.1, -0.05) is 12.1 Å². The molecule has 1 aromatic carbocycles. The number of carbonyl (C=O) groups is 1. The number of nitrogens with two attached hydrogens (primary N) is 2. The topological polar surface area (TPSA) is 122 Å². The molecule has 19 heavy (non-hydrogen) atoms. The van der Waals surface area contributed by atoms with Crippen LogP contribution in [0, 0.1) is 0 Å². The number of carbonyl (C=O) groups excluding carboxylic acids is 1. The summed E-state index contributed by atoms with van der Waals surface area (Å²) >= 11 is 0. The predicted molar refractivity (Wildman–Crippen MR) is 72.4 cm³/mol. The lowest BCUT2D eigenvalue weighted by molar-refractivity contribution is 0.100. The van der Waals surface area contributed by atoms with E-state index in [1.165, 1.54) is 12.3 Å². The van der Waals surface area contributed by atoms with E-state index in [0.717, 1.165) is 0 Å². The minimum Gasteiger partial charge on any atom is -0.423 e. The number of anilines is 1. The largest absolute Gasteiger partial charge is 0.490 e. The fraction of sp³-hybridized carbons (Fsp3) is 0. The Kier molecular flexibility index (Phi) is 3.50. The third-order valence-corrected chi connectivity index (χ3v) is 2.72. The van der Waals surface area contributed by atoms with E-state index in [9.17, 15) is 4.79 Å². The number of pyridine rings is 1. The molecular weight excluding hydrogens is 245 g/mol. The summed E-state index contributed by atoms with van der Waals surface area (Å²) in [5.74, 6) is -0.256. The number of nitrogen functional groups attached to an aromatic ring is 1. The van der Waals surface area contributed by atoms with E-state index in [0.29, 0.717) is 16.7 Å². The Morgan fingerprint density at radius 2 is 1.84 bits per heavy atom. The first-order valence-corrected chi connectivity index (χ1v) is 5.51. The average molecular weight is 257 g/mol. The third kappa shape index (κ3) is 2.73. The maximum absolute atomic E-state index is 11.0. The summed E-state index contributed by atoms with van der Waals surface area (Å²) in [7, 11) is -1.61. The van der Waals surface area contributed by atoms with Crippen LogP contribution in [0.25, 0.3) is 11.1 Å². The van der Waals surface area contributed by atoms with E-state index in [1.54, 1.807) is 24.3 Å². The van der Waals surface area contributed by atoms with Gasteiger partial charge in [-0.2, -0.15) is 0 Å². The zero-order valence-electron chi connectivity index (χ0n) is 9.95. The first kappa shape index (κ1) is 13.1. The quantitative estimate of drug-likeness (QED) is 0.531. The van der Waals surface area contributed by atoms with Crippen LogP contribution in [0.5, 0.6) is 0 Å². The summed E-state index contributed by atoms with van der Waals surface area (Å²) in [6, 6.07) is 8.01. The van der Waals surface area contributed by atoms with Gasteiger partial charge in [0, 0.05) is 22.8 Å². The molecule has 0 fully saturated rings. The summed E-state index contributed by atoms with van der Waals surface area (Å²) < 4.78 is 0. The number of rotatable bonds is 3. The number of benzene rings is 1. The maximum atomic E-state index is 11.0. The van der Waals surface area contributed by atoms with Gasteiger partial charge in [-0.05, 0) is 23.8 Å². The highest BCUT2D eigenvalue weighted by molar-refractivity contribution is 6.58. The molecule has 1 heterocycles. The van der Waals surface area contributed by atoms with Crippen molar-refractivity contribution < 1.29 is 14.8 Å². The molecule has 0 aliphatic carbocycles. The van der Waals surface area contributed by atoms with Gasteiger partial charge < -0.3 is 21.5 Å². The molecule has 0 bridgehead atoms. The number of nitrogens with zero attached hydrogens (tertiary/aromatic N) is 1. The smallest absolute Gasteiger partial charge is 0.423 e. The number of hydrogen-bond donors (Lipinski definition) is 4. The fourth-order valence-electron chi connectivity index (χ4n) is 1.68. The van der Waals surface area contributed by atoms with Gasteiger partial charge in [0.1, 0.15) is 5.82 Å². The van der Waals surface area contributed by atoms with Gasteiger partial charge in [-0.15, -0.1) is 0 Å². The van der Waals surface area contributed by atoms with Crippen molar-refractivity contribution in [3.8, 4) is 11.1 Å². The molecule has 0 atom stereocenters. The molecule has 7 heteroatoms. The summed E-state index contributed by atoms with van der Waals surface area (Å²) in [6.45, 7) is 0. The van der Waals surface area contributed by atoms with Crippen LogP contribution >= 0.6 is 0 Å². The first-order valence-electron chi connectivity index (χ1n) is 5.51. The first-order chi connectivity index (χ1) is 8.99. The molecule has 0 unspecified atom stereocenters. The zero-order chi connectivity index (χ0) is 14.0. The van der Waals surface area contributed by atoms with Crippen molar-refractivity contribution in [2.45, 2.75) is 0 Å². The Bertz CT molecular complexity index is 614. The summed E-state index contributed by atoms with van der Waals surface area (Å²) in [5.41, 5.74) is 12.8. The molecule has 0 aliphatic rings. The third-order valence-electron chi connectivity index (χ3n) is 2.72. The van der Waals surface area contributed by atoms with E-state index in [1.807, 2.05) is 0 Å². The Balaban J connectivity index is 2.45. The molecule has 0 aliphatic heterocycles. The van der Waals surface area contributed by atoms with Crippen LogP contribution in [0.4, 0.5) is 5.82 Å². The molecule has 0 radical (unpaired) electrons. The van der Waals surface area contributed by atoms with Crippen LogP contribution in [0.2, 0.25) is 0 Å². The lowest BCUT2D eigenvalue weighted by Crippen LogP contribution is -2.30. The highest BCUT2D eigenvalue weighted by atomic mass is 16.4. The number of aromatic nitrogens is 1. The zero-order valence-corrected chi connectivity index (χ0v) is 9.95. The Morgan fingerprint density at radius 1 is 1.21 bits per heavy atom. The molecule has 0 spiro atoms. The van der Waals surface area contributed by atoms with E-state index >= 15 is 0 Å². The lowest BCUT2D eigenvalue weighted by atomic mass is 9.80. The van der Waals surface area contributed by atoms with Gasteiger partial charge >= 0.3 is 7.12 Å². The molecule has 2 aromatic rings. The van der Waals surface area contributed by atoms with Gasteiger partial charge in [-0.25, -0.2) is 4.98 Å². The molecule has 6 N–H and O–H groups in total. The van der Waals surface area contributed by atoms with Crippen LogP contribution in [-0.4, -0.2) is 28.1 Å². The number of amides is 1. The normalized spacial score (nSPS) is 10.2. The lowest BCUT2D eigenvalue weighted by Gasteiger charge is -2.08. The minimum atomic E-state index is -1.61. The molecule has 2 rings (SSSR count). The molecule has 96 valence electrons. The van der Waals surface area contributed by atoms with Gasteiger partial charge in [0.15, 0.2) is 0 Å². The molecule has 1 aromatic heterocycles. The second kappa shape index (κ2) is 5.09. The predicted octanol–water partition coefficient (Wildman–Crippen LogP) is -0.891. The highest BCUT2D eigenvalue weighted by Crippen LogP contribution is 2.23. The molecular formula is C12H12BN3O3. The Labute approximate surface area is 109 Å². The van der Waals surface area contributed by atoms with Gasteiger partial charge in [-0.3, -0.25) is 4.79 Å². The molecule has 6 nitrogen and oxygen atoms in total. The van der Waals surface area contributed by atoms with Crippen molar-refractivity contribution in [1.82, 2.24) is 4.98 Å². The van der Waals surface area contributed by atoms with E-state index in [4.69, 9.17) is 21.5 Å². The number of hydrogen-bond acceptors (Lipinski definition) is 5. The number of primary amides is 1. The van der Waals surface area contributed by atoms with E-state index in [2.05, 4.69) is 4.98 Å². The summed E-state index contributed by atoms with van der Waals surface area (Å²) in [5, 5.41) is 18.2. The summed E-state index contributed by atoms with van der Waals surface area (Å²) in [6.07, 6.45) is 1.29. The van der Waals surface area contributed by atoms with Crippen LogP contribution in [0.1, 0.15) is 10.4 Å². The van der Waals surface area contributed by atoms with Gasteiger partial charge in [0.05, 0.1) is 0 Å². The Morgan fingerprint density at radius 3 is 2.37 bits per heavy atom. The standard InChI is InChI=1S/C12H12BN3O3/c14-11-10(5-9(6-16-11)13(18)19)7-1-3-8(4-2-7)12(15)17/h1-6,18-19H,(H2,14,16)(H2,15,17). The van der Waals surface area contributed by atoms with Crippen LogP contribution < -0.4 is 16.9 Å². The van der Waals surface area contributed by atoms with Crippen LogP contribution in [-0.2, 0) is 0 Å². The SMILES string of the molecule is NC(=O)c1ccc(-c2cc(B(O)O)cnc2N)cc1. The van der Waals surface area contributed by atoms with Crippen molar-refractivity contribution >= 4 is 24.3 Å². The molecule has 0 saturated carbocycles. The van der Waals surface area contributed by atoms with Crippen molar-refractivity contribution in [3.63, 3.8) is 0 Å². The monoisotopic (exact) mass is 257 g/mol. The van der Waals surface area contributed by atoms with Crippen molar-refractivity contribution in [2.75, 3.05) is 5.73 Å². The van der Waals surface area contributed by atoms with Crippen LogP contribution in [0.15, 0.2) is 36.5 Å².